The van der Waals surface area contributed by atoms with Crippen molar-refractivity contribution in [3.8, 4) is 17.1 Å². The summed E-state index contributed by atoms with van der Waals surface area (Å²) in [5.74, 6) is 2.46. The molecule has 2 aromatic heterocycles. The standard InChI is InChI=1S/C23H25N3OS/c1-16(2)13-26-22-7-5-4-6-20(22)25-23(26)19-14-28-15-21(19)24-12-17-8-10-18(27-3)11-9-17/h4-11,14-16,24H,12-13H2,1-3H3. The van der Waals surface area contributed by atoms with Crippen LogP contribution < -0.4 is 10.1 Å². The number of benzene rings is 2. The Bertz CT molecular complexity index is 1060. The second-order valence-electron chi connectivity index (χ2n) is 7.33. The van der Waals surface area contributed by atoms with Gasteiger partial charge in [-0.2, -0.15) is 0 Å². The number of para-hydroxylation sites is 2. The van der Waals surface area contributed by atoms with Crippen molar-refractivity contribution in [3.63, 3.8) is 0 Å². The molecule has 0 aliphatic carbocycles. The largest absolute Gasteiger partial charge is 0.497 e. The Morgan fingerprint density at radius 2 is 1.86 bits per heavy atom. The molecule has 4 rings (SSSR count). The molecule has 2 heterocycles. The normalized spacial score (nSPS) is 11.3. The minimum Gasteiger partial charge on any atom is -0.497 e. The maximum Gasteiger partial charge on any atom is 0.144 e. The van der Waals surface area contributed by atoms with Crippen LogP contribution >= 0.6 is 11.3 Å². The third-order valence-electron chi connectivity index (χ3n) is 4.75. The van der Waals surface area contributed by atoms with E-state index in [0.717, 1.165) is 41.4 Å². The summed E-state index contributed by atoms with van der Waals surface area (Å²) < 4.78 is 7.59. The van der Waals surface area contributed by atoms with Gasteiger partial charge in [0.15, 0.2) is 0 Å². The van der Waals surface area contributed by atoms with E-state index in [-0.39, 0.29) is 0 Å². The number of nitrogens with one attached hydrogen (secondary N) is 1. The maximum atomic E-state index is 5.24. The SMILES string of the molecule is COc1ccc(CNc2cscc2-c2nc3ccccc3n2CC(C)C)cc1. The molecule has 4 nitrogen and oxygen atoms in total. The monoisotopic (exact) mass is 391 g/mol. The van der Waals surface area contributed by atoms with E-state index in [2.05, 4.69) is 70.9 Å². The fourth-order valence-corrected chi connectivity index (χ4v) is 4.16. The van der Waals surface area contributed by atoms with E-state index < -0.39 is 0 Å². The van der Waals surface area contributed by atoms with Gasteiger partial charge in [-0.1, -0.05) is 38.1 Å². The summed E-state index contributed by atoms with van der Waals surface area (Å²) in [5, 5.41) is 7.94. The summed E-state index contributed by atoms with van der Waals surface area (Å²) in [5.41, 5.74) is 5.74. The van der Waals surface area contributed by atoms with E-state index in [1.807, 2.05) is 12.1 Å². The van der Waals surface area contributed by atoms with E-state index in [0.29, 0.717) is 5.92 Å². The third-order valence-corrected chi connectivity index (χ3v) is 5.49. The van der Waals surface area contributed by atoms with Crippen molar-refractivity contribution in [2.45, 2.75) is 26.9 Å². The quantitative estimate of drug-likeness (QED) is 0.417. The minimum absolute atomic E-state index is 0.547. The van der Waals surface area contributed by atoms with Crippen molar-refractivity contribution in [2.75, 3.05) is 12.4 Å². The summed E-state index contributed by atoms with van der Waals surface area (Å²) in [6.07, 6.45) is 0. The Hall–Kier alpha value is -2.79. The average Bonchev–Trinajstić information content (AvgIpc) is 3.31. The number of methoxy groups -OCH3 is 1. The van der Waals surface area contributed by atoms with Gasteiger partial charge in [-0.15, -0.1) is 11.3 Å². The van der Waals surface area contributed by atoms with Crippen LogP contribution in [0.2, 0.25) is 0 Å². The second kappa shape index (κ2) is 8.07. The minimum atomic E-state index is 0.547. The second-order valence-corrected chi connectivity index (χ2v) is 8.07. The molecule has 0 atom stereocenters. The lowest BCUT2D eigenvalue weighted by Crippen LogP contribution is -2.07. The first-order valence-corrected chi connectivity index (χ1v) is 10.5. The highest BCUT2D eigenvalue weighted by Crippen LogP contribution is 2.34. The van der Waals surface area contributed by atoms with Gasteiger partial charge in [0.1, 0.15) is 11.6 Å². The number of hydrogen-bond donors (Lipinski definition) is 1. The first kappa shape index (κ1) is 18.6. The summed E-state index contributed by atoms with van der Waals surface area (Å²) in [7, 11) is 1.69. The highest BCUT2D eigenvalue weighted by molar-refractivity contribution is 7.08. The van der Waals surface area contributed by atoms with Crippen LogP contribution in [0.4, 0.5) is 5.69 Å². The molecule has 1 N–H and O–H groups in total. The summed E-state index contributed by atoms with van der Waals surface area (Å²) >= 11 is 1.70. The van der Waals surface area contributed by atoms with Crippen LogP contribution in [-0.4, -0.2) is 16.7 Å². The highest BCUT2D eigenvalue weighted by Gasteiger charge is 2.17. The lowest BCUT2D eigenvalue weighted by atomic mass is 10.2. The summed E-state index contributed by atoms with van der Waals surface area (Å²) in [6, 6.07) is 16.5. The number of nitrogens with zero attached hydrogens (tertiary/aromatic N) is 2. The highest BCUT2D eigenvalue weighted by atomic mass is 32.1. The predicted octanol–water partition coefficient (Wildman–Crippen LogP) is 6.04. The molecule has 0 fully saturated rings. The fraction of sp³-hybridized carbons (Fsp3) is 0.261. The Morgan fingerprint density at radius 1 is 1.07 bits per heavy atom. The van der Waals surface area contributed by atoms with Crippen LogP contribution in [-0.2, 0) is 13.1 Å². The first-order valence-electron chi connectivity index (χ1n) is 9.54. The van der Waals surface area contributed by atoms with Gasteiger partial charge in [0.2, 0.25) is 0 Å². The molecule has 0 amide bonds. The third kappa shape index (κ3) is 3.76. The van der Waals surface area contributed by atoms with Crippen molar-refractivity contribution < 1.29 is 4.74 Å². The maximum absolute atomic E-state index is 5.24. The molecule has 5 heteroatoms. The molecular weight excluding hydrogens is 366 g/mol. The lowest BCUT2D eigenvalue weighted by molar-refractivity contribution is 0.414. The molecule has 0 unspecified atom stereocenters. The molecule has 0 saturated carbocycles. The van der Waals surface area contributed by atoms with Crippen molar-refractivity contribution in [2.24, 2.45) is 5.92 Å². The van der Waals surface area contributed by atoms with Gasteiger partial charge in [-0.3, -0.25) is 0 Å². The van der Waals surface area contributed by atoms with E-state index in [1.54, 1.807) is 18.4 Å². The first-order chi connectivity index (χ1) is 13.7. The molecule has 0 spiro atoms. The molecule has 0 saturated heterocycles. The van der Waals surface area contributed by atoms with Gasteiger partial charge in [0, 0.05) is 23.8 Å². The molecule has 2 aromatic carbocycles. The molecule has 0 aliphatic rings. The number of anilines is 1. The van der Waals surface area contributed by atoms with Crippen molar-refractivity contribution >= 4 is 28.1 Å². The Labute approximate surface area is 169 Å². The zero-order valence-electron chi connectivity index (χ0n) is 16.5. The van der Waals surface area contributed by atoms with Crippen LogP contribution in [0.25, 0.3) is 22.4 Å². The molecule has 144 valence electrons. The zero-order valence-corrected chi connectivity index (χ0v) is 17.3. The van der Waals surface area contributed by atoms with Crippen LogP contribution in [0.1, 0.15) is 19.4 Å². The lowest BCUT2D eigenvalue weighted by Gasteiger charge is -2.13. The number of hydrogen-bond acceptors (Lipinski definition) is 4. The number of fused-ring (bicyclic) bond motifs is 1. The molecule has 28 heavy (non-hydrogen) atoms. The van der Waals surface area contributed by atoms with Crippen LogP contribution in [0.15, 0.2) is 59.3 Å². The number of aromatic nitrogens is 2. The molecule has 0 radical (unpaired) electrons. The molecule has 0 bridgehead atoms. The number of thiophene rings is 1. The van der Waals surface area contributed by atoms with E-state index in [1.165, 1.54) is 11.1 Å². The van der Waals surface area contributed by atoms with Gasteiger partial charge in [-0.25, -0.2) is 4.98 Å². The van der Waals surface area contributed by atoms with Crippen LogP contribution in [0, 0.1) is 5.92 Å². The zero-order chi connectivity index (χ0) is 19.5. The predicted molar refractivity (Wildman–Crippen MR) is 118 cm³/mol. The number of imidazole rings is 1. The van der Waals surface area contributed by atoms with Gasteiger partial charge in [0.05, 0.1) is 29.4 Å². The van der Waals surface area contributed by atoms with Crippen LogP contribution in [0.3, 0.4) is 0 Å². The van der Waals surface area contributed by atoms with Gasteiger partial charge < -0.3 is 14.6 Å². The van der Waals surface area contributed by atoms with Gasteiger partial charge >= 0.3 is 0 Å². The summed E-state index contributed by atoms with van der Waals surface area (Å²) in [6.45, 7) is 6.20. The van der Waals surface area contributed by atoms with Gasteiger partial charge in [0.25, 0.3) is 0 Å². The molecular formula is C23H25N3OS. The number of rotatable bonds is 7. The Balaban J connectivity index is 1.64. The summed E-state index contributed by atoms with van der Waals surface area (Å²) in [4.78, 5) is 4.96. The van der Waals surface area contributed by atoms with Crippen molar-refractivity contribution in [3.05, 3.63) is 64.9 Å². The Kier molecular flexibility index (Phi) is 5.35. The van der Waals surface area contributed by atoms with Crippen LogP contribution in [0.5, 0.6) is 5.75 Å². The van der Waals surface area contributed by atoms with Crippen molar-refractivity contribution in [1.82, 2.24) is 9.55 Å². The molecule has 0 aliphatic heterocycles. The van der Waals surface area contributed by atoms with Gasteiger partial charge in [-0.05, 0) is 35.7 Å². The molecule has 4 aromatic rings. The van der Waals surface area contributed by atoms with Crippen molar-refractivity contribution in [1.29, 1.82) is 0 Å². The van der Waals surface area contributed by atoms with E-state index >= 15 is 0 Å². The number of ether oxygens (including phenoxy) is 1. The Morgan fingerprint density at radius 3 is 2.61 bits per heavy atom. The smallest absolute Gasteiger partial charge is 0.144 e. The van der Waals surface area contributed by atoms with E-state index in [4.69, 9.17) is 9.72 Å². The topological polar surface area (TPSA) is 39.1 Å². The van der Waals surface area contributed by atoms with E-state index in [9.17, 15) is 0 Å². The average molecular weight is 392 g/mol. The fourth-order valence-electron chi connectivity index (χ4n) is 3.38.